The lowest BCUT2D eigenvalue weighted by Crippen LogP contribution is -2.26. The summed E-state index contributed by atoms with van der Waals surface area (Å²) in [6.45, 7) is 5.65. The average molecular weight is 279 g/mol. The molecule has 0 spiro atoms. The van der Waals surface area contributed by atoms with Crippen molar-refractivity contribution in [3.05, 3.63) is 35.4 Å². The van der Waals surface area contributed by atoms with Gasteiger partial charge in [0.1, 0.15) is 5.60 Å². The van der Waals surface area contributed by atoms with E-state index in [1.807, 2.05) is 32.9 Å². The summed E-state index contributed by atoms with van der Waals surface area (Å²) < 4.78 is 5.31. The summed E-state index contributed by atoms with van der Waals surface area (Å²) in [5.41, 5.74) is 8.33. The van der Waals surface area contributed by atoms with E-state index in [4.69, 9.17) is 10.5 Å². The van der Waals surface area contributed by atoms with Crippen molar-refractivity contribution in [3.8, 4) is 0 Å². The van der Waals surface area contributed by atoms with E-state index in [0.29, 0.717) is 5.75 Å². The van der Waals surface area contributed by atoms with Crippen LogP contribution in [0.3, 0.4) is 0 Å². The second kappa shape index (κ2) is 5.55. The Labute approximate surface area is 118 Å². The summed E-state index contributed by atoms with van der Waals surface area (Å²) in [5.74, 6) is 0.199. The first-order valence-electron chi connectivity index (χ1n) is 6.53. The highest BCUT2D eigenvalue weighted by Crippen LogP contribution is 2.36. The van der Waals surface area contributed by atoms with Crippen molar-refractivity contribution in [2.75, 3.05) is 5.75 Å². The van der Waals surface area contributed by atoms with Gasteiger partial charge in [-0.25, -0.2) is 0 Å². The van der Waals surface area contributed by atoms with E-state index in [-0.39, 0.29) is 17.3 Å². The Morgan fingerprint density at radius 1 is 1.42 bits per heavy atom. The monoisotopic (exact) mass is 279 g/mol. The van der Waals surface area contributed by atoms with Gasteiger partial charge < -0.3 is 10.5 Å². The highest BCUT2D eigenvalue weighted by Gasteiger charge is 2.30. The average Bonchev–Trinajstić information content (AvgIpc) is 2.62. The van der Waals surface area contributed by atoms with Crippen molar-refractivity contribution in [2.45, 2.75) is 44.1 Å². The number of esters is 1. The number of ether oxygens (including phenoxy) is 1. The van der Waals surface area contributed by atoms with Gasteiger partial charge >= 0.3 is 5.97 Å². The lowest BCUT2D eigenvalue weighted by molar-refractivity contribution is -0.151. The van der Waals surface area contributed by atoms with Gasteiger partial charge in [-0.15, -0.1) is 11.8 Å². The molecule has 2 atom stereocenters. The Morgan fingerprint density at radius 2 is 2.11 bits per heavy atom. The maximum absolute atomic E-state index is 11.7. The topological polar surface area (TPSA) is 52.3 Å². The smallest absolute Gasteiger partial charge is 0.316 e. The van der Waals surface area contributed by atoms with Gasteiger partial charge in [0.2, 0.25) is 0 Å². The zero-order valence-electron chi connectivity index (χ0n) is 11.7. The molecule has 3 nitrogen and oxygen atoms in total. The van der Waals surface area contributed by atoms with Crippen molar-refractivity contribution < 1.29 is 9.53 Å². The fourth-order valence-corrected chi connectivity index (χ4v) is 3.36. The summed E-state index contributed by atoms with van der Waals surface area (Å²) in [4.78, 5) is 11.7. The number of rotatable bonds is 3. The van der Waals surface area contributed by atoms with Crippen LogP contribution in [0, 0.1) is 0 Å². The Kier molecular flexibility index (Phi) is 4.21. The highest BCUT2D eigenvalue weighted by molar-refractivity contribution is 8.00. The van der Waals surface area contributed by atoms with Crippen LogP contribution >= 0.6 is 11.8 Å². The standard InChI is InChI=1S/C15H21NO2S/c1-15(2,3)18-13(17)9-19-12-8-10-6-4-5-7-11(10)14(12)16/h4-7,12,14H,8-9,16H2,1-3H3. The normalized spacial score (nSPS) is 22.1. The fourth-order valence-electron chi connectivity index (χ4n) is 2.30. The Morgan fingerprint density at radius 3 is 2.74 bits per heavy atom. The number of carbonyl (C=O) groups is 1. The number of fused-ring (bicyclic) bond motifs is 1. The van der Waals surface area contributed by atoms with Crippen LogP contribution in [0.4, 0.5) is 0 Å². The molecule has 2 unspecified atom stereocenters. The van der Waals surface area contributed by atoms with Crippen LogP contribution < -0.4 is 5.73 Å². The van der Waals surface area contributed by atoms with Crippen LogP contribution in [0.25, 0.3) is 0 Å². The summed E-state index contributed by atoms with van der Waals surface area (Å²) in [7, 11) is 0. The van der Waals surface area contributed by atoms with E-state index in [1.54, 1.807) is 11.8 Å². The Bertz CT molecular complexity index is 467. The molecular formula is C15H21NO2S. The minimum Gasteiger partial charge on any atom is -0.459 e. The van der Waals surface area contributed by atoms with Crippen LogP contribution in [0.15, 0.2) is 24.3 Å². The first kappa shape index (κ1) is 14.4. The van der Waals surface area contributed by atoms with E-state index >= 15 is 0 Å². The zero-order chi connectivity index (χ0) is 14.0. The number of hydrogen-bond donors (Lipinski definition) is 1. The van der Waals surface area contributed by atoms with Crippen LogP contribution in [-0.2, 0) is 16.0 Å². The molecule has 4 heteroatoms. The molecule has 1 aromatic carbocycles. The predicted octanol–water partition coefficient (Wildman–Crippen LogP) is 2.69. The quantitative estimate of drug-likeness (QED) is 0.864. The molecule has 0 saturated carbocycles. The SMILES string of the molecule is CC(C)(C)OC(=O)CSC1Cc2ccccc2C1N. The summed E-state index contributed by atoms with van der Waals surface area (Å²) in [6.07, 6.45) is 0.935. The van der Waals surface area contributed by atoms with Crippen molar-refractivity contribution in [1.29, 1.82) is 0 Å². The maximum atomic E-state index is 11.7. The zero-order valence-corrected chi connectivity index (χ0v) is 12.5. The van der Waals surface area contributed by atoms with Gasteiger partial charge in [0.25, 0.3) is 0 Å². The van der Waals surface area contributed by atoms with E-state index in [0.717, 1.165) is 6.42 Å². The molecule has 104 valence electrons. The van der Waals surface area contributed by atoms with E-state index in [9.17, 15) is 4.79 Å². The molecule has 0 radical (unpaired) electrons. The first-order chi connectivity index (χ1) is 8.87. The van der Waals surface area contributed by atoms with Crippen molar-refractivity contribution >= 4 is 17.7 Å². The lowest BCUT2D eigenvalue weighted by atomic mass is 10.1. The van der Waals surface area contributed by atoms with Crippen molar-refractivity contribution in [3.63, 3.8) is 0 Å². The number of thioether (sulfide) groups is 1. The van der Waals surface area contributed by atoms with Gasteiger partial charge in [0.15, 0.2) is 0 Å². The molecule has 2 N–H and O–H groups in total. The minimum atomic E-state index is -0.418. The Balaban J connectivity index is 1.88. The Hall–Kier alpha value is -1.00. The molecule has 0 heterocycles. The lowest BCUT2D eigenvalue weighted by Gasteiger charge is -2.20. The molecular weight excluding hydrogens is 258 g/mol. The van der Waals surface area contributed by atoms with Crippen molar-refractivity contribution in [2.24, 2.45) is 5.73 Å². The molecule has 1 aromatic rings. The van der Waals surface area contributed by atoms with Crippen LogP contribution in [0.2, 0.25) is 0 Å². The second-order valence-electron chi connectivity index (χ2n) is 5.86. The molecule has 0 bridgehead atoms. The van der Waals surface area contributed by atoms with Crippen LogP contribution in [0.1, 0.15) is 37.9 Å². The van der Waals surface area contributed by atoms with Gasteiger partial charge in [0, 0.05) is 11.3 Å². The van der Waals surface area contributed by atoms with E-state index in [1.165, 1.54) is 11.1 Å². The molecule has 1 aliphatic rings. The van der Waals surface area contributed by atoms with Gasteiger partial charge in [-0.1, -0.05) is 24.3 Å². The van der Waals surface area contributed by atoms with Gasteiger partial charge in [-0.2, -0.15) is 0 Å². The molecule has 0 aromatic heterocycles. The van der Waals surface area contributed by atoms with Crippen LogP contribution in [-0.4, -0.2) is 22.6 Å². The predicted molar refractivity (Wildman–Crippen MR) is 79.2 cm³/mol. The number of hydrogen-bond acceptors (Lipinski definition) is 4. The summed E-state index contributed by atoms with van der Waals surface area (Å²) in [5, 5.41) is 0.268. The second-order valence-corrected chi connectivity index (χ2v) is 7.09. The molecule has 0 amide bonds. The third-order valence-corrected chi connectivity index (χ3v) is 4.36. The van der Waals surface area contributed by atoms with E-state index in [2.05, 4.69) is 12.1 Å². The minimum absolute atomic E-state index is 0.0173. The molecule has 0 aliphatic heterocycles. The van der Waals surface area contributed by atoms with Crippen LogP contribution in [0.5, 0.6) is 0 Å². The fraction of sp³-hybridized carbons (Fsp3) is 0.533. The molecule has 1 aliphatic carbocycles. The molecule has 0 saturated heterocycles. The first-order valence-corrected chi connectivity index (χ1v) is 7.58. The van der Waals surface area contributed by atoms with E-state index < -0.39 is 5.60 Å². The van der Waals surface area contributed by atoms with Crippen molar-refractivity contribution in [1.82, 2.24) is 0 Å². The molecule has 2 rings (SSSR count). The number of carbonyl (C=O) groups excluding carboxylic acids is 1. The van der Waals surface area contributed by atoms with Gasteiger partial charge in [-0.05, 0) is 38.3 Å². The number of nitrogens with two attached hydrogens (primary N) is 1. The largest absolute Gasteiger partial charge is 0.459 e. The summed E-state index contributed by atoms with van der Waals surface area (Å²) >= 11 is 1.60. The van der Waals surface area contributed by atoms with Gasteiger partial charge in [0.05, 0.1) is 5.75 Å². The maximum Gasteiger partial charge on any atom is 0.316 e. The third-order valence-electron chi connectivity index (χ3n) is 3.07. The summed E-state index contributed by atoms with van der Waals surface area (Å²) in [6, 6.07) is 8.26. The molecule has 19 heavy (non-hydrogen) atoms. The number of benzene rings is 1. The molecule has 0 fully saturated rings. The highest BCUT2D eigenvalue weighted by atomic mass is 32.2. The third kappa shape index (κ3) is 3.74. The van der Waals surface area contributed by atoms with Gasteiger partial charge in [-0.3, -0.25) is 4.79 Å².